The summed E-state index contributed by atoms with van der Waals surface area (Å²) < 4.78 is 34.9. The number of halogens is 3. The van der Waals surface area contributed by atoms with E-state index in [0.29, 0.717) is 9.32 Å². The Bertz CT molecular complexity index is 1070. The van der Waals surface area contributed by atoms with E-state index in [9.17, 15) is 13.6 Å². The van der Waals surface area contributed by atoms with Crippen LogP contribution in [0.4, 0.5) is 20.2 Å². The molecular formula is C21H18F2IN3O2. The van der Waals surface area contributed by atoms with Crippen LogP contribution >= 0.6 is 22.6 Å². The van der Waals surface area contributed by atoms with Crippen LogP contribution in [0.3, 0.4) is 0 Å². The summed E-state index contributed by atoms with van der Waals surface area (Å²) in [6.07, 6.45) is 0. The summed E-state index contributed by atoms with van der Waals surface area (Å²) in [5.41, 5.74) is 12.2. The number of amides is 1. The van der Waals surface area contributed by atoms with Gasteiger partial charge in [-0.3, -0.25) is 4.79 Å². The molecule has 8 heteroatoms. The van der Waals surface area contributed by atoms with Crippen molar-refractivity contribution < 1.29 is 18.3 Å². The molecule has 0 heterocycles. The molecule has 5 nitrogen and oxygen atoms in total. The Kier molecular flexibility index (Phi) is 6.33. The highest BCUT2D eigenvalue weighted by molar-refractivity contribution is 14.1. The number of hydrogen-bond donors (Lipinski definition) is 3. The van der Waals surface area contributed by atoms with Gasteiger partial charge in [0.15, 0.2) is 0 Å². The van der Waals surface area contributed by atoms with Crippen LogP contribution in [0, 0.1) is 15.2 Å². The first-order valence-electron chi connectivity index (χ1n) is 8.63. The standard InChI is InChI=1S/C21H18F2IN3O2/c1-11(25)12-3-2-4-15(7-12)29-19-9-13(22)8-18(20(19)21(26)28)27-17-6-5-14(24)10-16(17)23/h2-11,27H,25H2,1H3,(H2,26,28). The third-order valence-electron chi connectivity index (χ3n) is 4.13. The minimum Gasteiger partial charge on any atom is -0.456 e. The van der Waals surface area contributed by atoms with Crippen LogP contribution in [0.1, 0.15) is 28.9 Å². The molecule has 29 heavy (non-hydrogen) atoms. The fourth-order valence-corrected chi connectivity index (χ4v) is 3.19. The highest BCUT2D eigenvalue weighted by Crippen LogP contribution is 2.34. The summed E-state index contributed by atoms with van der Waals surface area (Å²) in [6.45, 7) is 1.81. The second-order valence-corrected chi connectivity index (χ2v) is 7.65. The molecule has 0 bridgehead atoms. The predicted octanol–water partition coefficient (Wildman–Crippen LogP) is 5.22. The second kappa shape index (κ2) is 8.75. The molecule has 1 atom stereocenters. The van der Waals surface area contributed by atoms with Gasteiger partial charge < -0.3 is 21.5 Å². The Balaban J connectivity index is 2.04. The molecular weight excluding hydrogens is 491 g/mol. The van der Waals surface area contributed by atoms with Crippen LogP contribution in [0.5, 0.6) is 11.5 Å². The number of hydrogen-bond acceptors (Lipinski definition) is 4. The van der Waals surface area contributed by atoms with Crippen molar-refractivity contribution in [1.82, 2.24) is 0 Å². The van der Waals surface area contributed by atoms with E-state index in [2.05, 4.69) is 5.32 Å². The summed E-state index contributed by atoms with van der Waals surface area (Å²) in [5, 5.41) is 2.73. The number of anilines is 2. The maximum Gasteiger partial charge on any atom is 0.254 e. The van der Waals surface area contributed by atoms with Crippen LogP contribution in [-0.4, -0.2) is 5.91 Å². The Hall–Kier alpha value is -2.72. The normalized spacial score (nSPS) is 11.8. The smallest absolute Gasteiger partial charge is 0.254 e. The molecule has 0 fully saturated rings. The Labute approximate surface area is 180 Å². The van der Waals surface area contributed by atoms with Gasteiger partial charge in [0, 0.05) is 15.7 Å². The Morgan fingerprint density at radius 1 is 1.10 bits per heavy atom. The van der Waals surface area contributed by atoms with E-state index in [1.54, 1.807) is 24.3 Å². The van der Waals surface area contributed by atoms with Crippen LogP contribution in [0.25, 0.3) is 0 Å². The van der Waals surface area contributed by atoms with Crippen LogP contribution in [0.2, 0.25) is 0 Å². The highest BCUT2D eigenvalue weighted by Gasteiger charge is 2.19. The lowest BCUT2D eigenvalue weighted by atomic mass is 10.1. The van der Waals surface area contributed by atoms with Gasteiger partial charge in [0.25, 0.3) is 5.91 Å². The Morgan fingerprint density at radius 2 is 1.86 bits per heavy atom. The van der Waals surface area contributed by atoms with Crippen LogP contribution in [-0.2, 0) is 0 Å². The van der Waals surface area contributed by atoms with E-state index >= 15 is 0 Å². The summed E-state index contributed by atoms with van der Waals surface area (Å²) in [7, 11) is 0. The number of nitrogens with two attached hydrogens (primary N) is 2. The largest absolute Gasteiger partial charge is 0.456 e. The lowest BCUT2D eigenvalue weighted by Crippen LogP contribution is -2.15. The number of carbonyl (C=O) groups excluding carboxylic acids is 1. The molecule has 0 aliphatic heterocycles. The predicted molar refractivity (Wildman–Crippen MR) is 116 cm³/mol. The van der Waals surface area contributed by atoms with Crippen molar-refractivity contribution in [3.63, 3.8) is 0 Å². The average molecular weight is 509 g/mol. The highest BCUT2D eigenvalue weighted by atomic mass is 127. The number of benzene rings is 3. The van der Waals surface area contributed by atoms with E-state index in [4.69, 9.17) is 16.2 Å². The van der Waals surface area contributed by atoms with Gasteiger partial charge in [0.1, 0.15) is 28.7 Å². The quantitative estimate of drug-likeness (QED) is 0.398. The minimum atomic E-state index is -0.850. The minimum absolute atomic E-state index is 0.00374. The van der Waals surface area contributed by atoms with Gasteiger partial charge in [-0.15, -0.1) is 0 Å². The fourth-order valence-electron chi connectivity index (χ4n) is 2.74. The third kappa shape index (κ3) is 5.01. The molecule has 3 aromatic rings. The maximum absolute atomic E-state index is 14.3. The first-order chi connectivity index (χ1) is 13.7. The van der Waals surface area contributed by atoms with Crippen LogP contribution in [0.15, 0.2) is 54.6 Å². The number of carbonyl (C=O) groups is 1. The van der Waals surface area contributed by atoms with Crippen molar-refractivity contribution >= 4 is 39.9 Å². The summed E-state index contributed by atoms with van der Waals surface area (Å²) in [4.78, 5) is 12.1. The number of rotatable bonds is 6. The molecule has 0 aliphatic carbocycles. The van der Waals surface area contributed by atoms with Crippen molar-refractivity contribution in [1.29, 1.82) is 0 Å². The molecule has 5 N–H and O–H groups in total. The van der Waals surface area contributed by atoms with E-state index in [-0.39, 0.29) is 28.7 Å². The zero-order valence-electron chi connectivity index (χ0n) is 15.4. The lowest BCUT2D eigenvalue weighted by molar-refractivity contribution is 0.0999. The van der Waals surface area contributed by atoms with Gasteiger partial charge in [0.2, 0.25) is 0 Å². The van der Waals surface area contributed by atoms with E-state index < -0.39 is 17.5 Å². The van der Waals surface area contributed by atoms with Crippen molar-refractivity contribution in [2.45, 2.75) is 13.0 Å². The third-order valence-corrected chi connectivity index (χ3v) is 4.80. The summed E-state index contributed by atoms with van der Waals surface area (Å²) >= 11 is 1.97. The molecule has 3 rings (SSSR count). The van der Waals surface area contributed by atoms with Gasteiger partial charge >= 0.3 is 0 Å². The van der Waals surface area contributed by atoms with Gasteiger partial charge in [0.05, 0.1) is 11.4 Å². The van der Waals surface area contributed by atoms with Crippen molar-refractivity contribution in [2.24, 2.45) is 11.5 Å². The second-order valence-electron chi connectivity index (χ2n) is 6.40. The molecule has 0 spiro atoms. The van der Waals surface area contributed by atoms with Crippen molar-refractivity contribution in [3.8, 4) is 11.5 Å². The van der Waals surface area contributed by atoms with Crippen molar-refractivity contribution in [2.75, 3.05) is 5.32 Å². The first kappa shape index (κ1) is 21.0. The molecule has 0 aromatic heterocycles. The zero-order chi connectivity index (χ0) is 21.1. The SMILES string of the molecule is CC(N)c1cccc(Oc2cc(F)cc(Nc3ccc(I)cc3F)c2C(N)=O)c1. The van der Waals surface area contributed by atoms with Gasteiger partial charge in [-0.05, 0) is 71.5 Å². The van der Waals surface area contributed by atoms with E-state index in [1.165, 1.54) is 12.1 Å². The molecule has 0 saturated heterocycles. The summed E-state index contributed by atoms with van der Waals surface area (Å²) in [5.74, 6) is -1.81. The topological polar surface area (TPSA) is 90.4 Å². The molecule has 0 saturated carbocycles. The lowest BCUT2D eigenvalue weighted by Gasteiger charge is -2.16. The van der Waals surface area contributed by atoms with Gasteiger partial charge in [-0.1, -0.05) is 12.1 Å². The molecule has 0 aliphatic rings. The fraction of sp³-hybridized carbons (Fsp3) is 0.0952. The number of primary amides is 1. The monoisotopic (exact) mass is 509 g/mol. The van der Waals surface area contributed by atoms with Crippen molar-refractivity contribution in [3.05, 3.63) is 80.9 Å². The molecule has 1 amide bonds. The van der Waals surface area contributed by atoms with Gasteiger partial charge in [-0.2, -0.15) is 0 Å². The maximum atomic E-state index is 14.3. The number of ether oxygens (including phenoxy) is 1. The van der Waals surface area contributed by atoms with E-state index in [1.807, 2.05) is 35.6 Å². The molecule has 150 valence electrons. The van der Waals surface area contributed by atoms with E-state index in [0.717, 1.165) is 17.7 Å². The Morgan fingerprint density at radius 3 is 2.52 bits per heavy atom. The zero-order valence-corrected chi connectivity index (χ0v) is 17.5. The first-order valence-corrected chi connectivity index (χ1v) is 9.71. The molecule has 1 unspecified atom stereocenters. The van der Waals surface area contributed by atoms with Crippen LogP contribution < -0.4 is 21.5 Å². The van der Waals surface area contributed by atoms with Gasteiger partial charge in [-0.25, -0.2) is 8.78 Å². The average Bonchev–Trinajstić information content (AvgIpc) is 2.63. The molecule has 3 aromatic carbocycles. The molecule has 0 radical (unpaired) electrons. The number of nitrogens with one attached hydrogen (secondary N) is 1. The summed E-state index contributed by atoms with van der Waals surface area (Å²) in [6, 6.07) is 13.2.